The molecule has 1 aliphatic rings. The Morgan fingerprint density at radius 3 is 2.70 bits per heavy atom. The Hall–Kier alpha value is -1.23. The topological polar surface area (TPSA) is 45.1 Å². The second-order valence-electron chi connectivity index (χ2n) is 5.65. The largest absolute Gasteiger partial charge is 0.388 e. The van der Waals surface area contributed by atoms with Crippen molar-refractivity contribution in [2.75, 3.05) is 6.54 Å². The molecule has 4 heteroatoms. The van der Waals surface area contributed by atoms with Crippen molar-refractivity contribution in [3.63, 3.8) is 0 Å². The fourth-order valence-corrected chi connectivity index (χ4v) is 3.26. The first-order chi connectivity index (χ1) is 9.71. The molecule has 2 atom stereocenters. The van der Waals surface area contributed by atoms with Gasteiger partial charge in [-0.05, 0) is 25.3 Å². The fraction of sp³-hybridized carbons (Fsp3) is 0.438. The first-order valence-electron chi connectivity index (χ1n) is 7.07. The predicted molar refractivity (Wildman–Crippen MR) is 81.6 cm³/mol. The van der Waals surface area contributed by atoms with E-state index >= 15 is 0 Å². The highest BCUT2D eigenvalue weighted by atomic mass is 32.1. The highest BCUT2D eigenvalue weighted by Crippen LogP contribution is 2.54. The summed E-state index contributed by atoms with van der Waals surface area (Å²) in [6.45, 7) is 2.97. The third-order valence-electron chi connectivity index (χ3n) is 4.17. The third kappa shape index (κ3) is 2.77. The van der Waals surface area contributed by atoms with Crippen LogP contribution in [0.1, 0.15) is 42.5 Å². The summed E-state index contributed by atoms with van der Waals surface area (Å²) in [5, 5.41) is 17.2. The first kappa shape index (κ1) is 13.7. The molecule has 0 radical (unpaired) electrons. The Morgan fingerprint density at radius 1 is 1.35 bits per heavy atom. The summed E-state index contributed by atoms with van der Waals surface area (Å²) >= 11 is 1.67. The van der Waals surface area contributed by atoms with Crippen LogP contribution in [0.5, 0.6) is 0 Å². The maximum atomic E-state index is 10.6. The number of aromatic nitrogens is 1. The van der Waals surface area contributed by atoms with Crippen LogP contribution >= 0.6 is 11.3 Å². The molecule has 20 heavy (non-hydrogen) atoms. The molecule has 0 spiro atoms. The van der Waals surface area contributed by atoms with Crippen molar-refractivity contribution < 1.29 is 5.11 Å². The molecular formula is C16H20N2OS. The van der Waals surface area contributed by atoms with Crippen molar-refractivity contribution in [1.29, 1.82) is 0 Å². The van der Waals surface area contributed by atoms with E-state index in [1.807, 2.05) is 41.9 Å². The monoisotopic (exact) mass is 288 g/mol. The zero-order valence-corrected chi connectivity index (χ0v) is 12.4. The van der Waals surface area contributed by atoms with Gasteiger partial charge in [-0.25, -0.2) is 4.98 Å². The molecule has 1 heterocycles. The summed E-state index contributed by atoms with van der Waals surface area (Å²) in [5.74, 6) is 0. The number of hydrogen-bond acceptors (Lipinski definition) is 4. The number of benzene rings is 1. The molecule has 0 bridgehead atoms. The van der Waals surface area contributed by atoms with Gasteiger partial charge in [-0.3, -0.25) is 0 Å². The molecule has 1 aromatic heterocycles. The number of aliphatic hydroxyl groups is 1. The summed E-state index contributed by atoms with van der Waals surface area (Å²) in [4.78, 5) is 4.33. The van der Waals surface area contributed by atoms with E-state index in [1.165, 1.54) is 0 Å². The summed E-state index contributed by atoms with van der Waals surface area (Å²) in [7, 11) is 0. The molecule has 0 aliphatic heterocycles. The van der Waals surface area contributed by atoms with E-state index in [2.05, 4.69) is 17.2 Å². The van der Waals surface area contributed by atoms with Crippen LogP contribution in [-0.4, -0.2) is 16.6 Å². The van der Waals surface area contributed by atoms with Crippen LogP contribution < -0.4 is 5.32 Å². The van der Waals surface area contributed by atoms with Gasteiger partial charge in [0.05, 0.1) is 12.1 Å². The highest BCUT2D eigenvalue weighted by Gasteiger charge is 2.49. The van der Waals surface area contributed by atoms with Gasteiger partial charge in [0.25, 0.3) is 0 Å². The van der Waals surface area contributed by atoms with E-state index in [4.69, 9.17) is 0 Å². The van der Waals surface area contributed by atoms with Gasteiger partial charge in [0, 0.05) is 23.5 Å². The van der Waals surface area contributed by atoms with E-state index < -0.39 is 0 Å². The van der Waals surface area contributed by atoms with E-state index in [1.54, 1.807) is 11.3 Å². The van der Waals surface area contributed by atoms with Crippen LogP contribution in [0.3, 0.4) is 0 Å². The van der Waals surface area contributed by atoms with E-state index in [0.29, 0.717) is 0 Å². The molecule has 0 saturated heterocycles. The maximum absolute atomic E-state index is 10.6. The number of thiazole rings is 1. The van der Waals surface area contributed by atoms with Crippen LogP contribution in [0.2, 0.25) is 0 Å². The lowest BCUT2D eigenvalue weighted by Crippen LogP contribution is -2.30. The Kier molecular flexibility index (Phi) is 3.87. The molecule has 3 rings (SSSR count). The number of rotatable bonds is 6. The van der Waals surface area contributed by atoms with E-state index in [-0.39, 0.29) is 17.6 Å². The SMILES string of the molecule is CC(NCC1(C(O)c2ccccc2)CC1)c1nccs1. The minimum Gasteiger partial charge on any atom is -0.388 e. The zero-order valence-electron chi connectivity index (χ0n) is 11.6. The summed E-state index contributed by atoms with van der Waals surface area (Å²) in [6, 6.07) is 10.2. The Morgan fingerprint density at radius 2 is 2.10 bits per heavy atom. The van der Waals surface area contributed by atoms with Crippen molar-refractivity contribution in [1.82, 2.24) is 10.3 Å². The second-order valence-corrected chi connectivity index (χ2v) is 6.57. The lowest BCUT2D eigenvalue weighted by atomic mass is 9.92. The molecular weight excluding hydrogens is 268 g/mol. The van der Waals surface area contributed by atoms with Crippen LogP contribution in [0, 0.1) is 5.41 Å². The molecule has 1 saturated carbocycles. The molecule has 2 N–H and O–H groups in total. The zero-order chi connectivity index (χ0) is 14.0. The van der Waals surface area contributed by atoms with Gasteiger partial charge >= 0.3 is 0 Å². The second kappa shape index (κ2) is 5.64. The van der Waals surface area contributed by atoms with Crippen molar-refractivity contribution >= 4 is 11.3 Å². The van der Waals surface area contributed by atoms with E-state index in [0.717, 1.165) is 30.0 Å². The Balaban J connectivity index is 1.62. The molecule has 106 valence electrons. The summed E-state index contributed by atoms with van der Waals surface area (Å²) in [5.41, 5.74) is 1.03. The van der Waals surface area contributed by atoms with E-state index in [9.17, 15) is 5.11 Å². The van der Waals surface area contributed by atoms with Gasteiger partial charge in [-0.15, -0.1) is 11.3 Å². The van der Waals surface area contributed by atoms with Gasteiger partial charge in [0.2, 0.25) is 0 Å². The van der Waals surface area contributed by atoms with Crippen molar-refractivity contribution in [3.05, 3.63) is 52.5 Å². The number of aliphatic hydroxyl groups excluding tert-OH is 1. The Labute approximate surface area is 123 Å². The molecule has 2 unspecified atom stereocenters. The third-order valence-corrected chi connectivity index (χ3v) is 5.13. The van der Waals surface area contributed by atoms with Crippen molar-refractivity contribution in [2.24, 2.45) is 5.41 Å². The highest BCUT2D eigenvalue weighted by molar-refractivity contribution is 7.09. The predicted octanol–water partition coefficient (Wildman–Crippen LogP) is 3.31. The normalized spacial score (nSPS) is 19.5. The molecule has 1 aliphatic carbocycles. The average molecular weight is 288 g/mol. The fourth-order valence-electron chi connectivity index (χ4n) is 2.59. The molecule has 1 fully saturated rings. The quantitative estimate of drug-likeness (QED) is 0.857. The molecule has 1 aromatic carbocycles. The van der Waals surface area contributed by atoms with Crippen LogP contribution in [0.25, 0.3) is 0 Å². The number of nitrogens with one attached hydrogen (secondary N) is 1. The van der Waals surface area contributed by atoms with Gasteiger partial charge in [-0.2, -0.15) is 0 Å². The van der Waals surface area contributed by atoms with Crippen molar-refractivity contribution in [3.8, 4) is 0 Å². The molecule has 0 amide bonds. The molecule has 3 nitrogen and oxygen atoms in total. The standard InChI is InChI=1S/C16H20N2OS/c1-12(15-17-9-10-20-15)18-11-16(7-8-16)14(19)13-5-3-2-4-6-13/h2-6,9-10,12,14,18-19H,7-8,11H2,1H3. The summed E-state index contributed by atoms with van der Waals surface area (Å²) < 4.78 is 0. The van der Waals surface area contributed by atoms with Gasteiger partial charge in [-0.1, -0.05) is 30.3 Å². The average Bonchev–Trinajstić information content (AvgIpc) is 3.08. The number of nitrogens with zero attached hydrogens (tertiary/aromatic N) is 1. The van der Waals surface area contributed by atoms with Crippen molar-refractivity contribution in [2.45, 2.75) is 31.9 Å². The summed E-state index contributed by atoms with van der Waals surface area (Å²) in [6.07, 6.45) is 3.63. The maximum Gasteiger partial charge on any atom is 0.109 e. The first-order valence-corrected chi connectivity index (χ1v) is 7.95. The van der Waals surface area contributed by atoms with Gasteiger partial charge in [0.15, 0.2) is 0 Å². The smallest absolute Gasteiger partial charge is 0.109 e. The lowest BCUT2D eigenvalue weighted by Gasteiger charge is -2.24. The number of hydrogen-bond donors (Lipinski definition) is 2. The van der Waals surface area contributed by atoms with Gasteiger partial charge < -0.3 is 10.4 Å². The van der Waals surface area contributed by atoms with Crippen LogP contribution in [-0.2, 0) is 0 Å². The minimum absolute atomic E-state index is 0.00682. The lowest BCUT2D eigenvalue weighted by molar-refractivity contribution is 0.0903. The van der Waals surface area contributed by atoms with Crippen LogP contribution in [0.15, 0.2) is 41.9 Å². The van der Waals surface area contributed by atoms with Gasteiger partial charge in [0.1, 0.15) is 5.01 Å². The van der Waals surface area contributed by atoms with Crippen LogP contribution in [0.4, 0.5) is 0 Å². The minimum atomic E-state index is -0.375. The Bertz CT molecular complexity index is 537. The molecule has 2 aromatic rings.